The van der Waals surface area contributed by atoms with Gasteiger partial charge in [-0.25, -0.2) is 4.98 Å². The number of pyridine rings is 1. The van der Waals surface area contributed by atoms with Crippen molar-refractivity contribution in [3.8, 4) is 5.75 Å². The third-order valence-electron chi connectivity index (χ3n) is 3.37. The molecule has 1 aromatic carbocycles. The molecule has 0 saturated heterocycles. The van der Waals surface area contributed by atoms with E-state index in [4.69, 9.17) is 22.1 Å². The fourth-order valence-corrected chi connectivity index (χ4v) is 2.52. The molecule has 21 heavy (non-hydrogen) atoms. The van der Waals surface area contributed by atoms with Gasteiger partial charge in [0.05, 0.1) is 7.11 Å². The Bertz CT molecular complexity index is 604. The van der Waals surface area contributed by atoms with Crippen molar-refractivity contribution in [3.05, 3.63) is 52.7 Å². The minimum Gasteiger partial charge on any atom is -0.496 e. The molecule has 1 unspecified atom stereocenters. The van der Waals surface area contributed by atoms with Gasteiger partial charge in [0.2, 0.25) is 0 Å². The van der Waals surface area contributed by atoms with E-state index >= 15 is 0 Å². The number of hydrogen-bond donors (Lipinski definition) is 2. The highest BCUT2D eigenvalue weighted by Gasteiger charge is 2.17. The van der Waals surface area contributed by atoms with Crippen molar-refractivity contribution < 1.29 is 4.74 Å². The molecule has 112 valence electrons. The summed E-state index contributed by atoms with van der Waals surface area (Å²) in [7, 11) is 1.65. The third-order valence-corrected chi connectivity index (χ3v) is 3.61. The summed E-state index contributed by atoms with van der Waals surface area (Å²) >= 11 is 6.03. The lowest BCUT2D eigenvalue weighted by Crippen LogP contribution is -2.24. The van der Waals surface area contributed by atoms with Gasteiger partial charge in [-0.15, -0.1) is 0 Å². The second-order valence-corrected chi connectivity index (χ2v) is 5.18. The quantitative estimate of drug-likeness (QED) is 0.860. The van der Waals surface area contributed by atoms with Gasteiger partial charge >= 0.3 is 0 Å². The van der Waals surface area contributed by atoms with Crippen LogP contribution < -0.4 is 15.8 Å². The third kappa shape index (κ3) is 3.86. The van der Waals surface area contributed by atoms with Crippen molar-refractivity contribution >= 4 is 17.4 Å². The molecule has 1 atom stereocenters. The van der Waals surface area contributed by atoms with E-state index in [2.05, 4.69) is 17.2 Å². The molecule has 0 fully saturated rings. The molecular formula is C16H20ClN3O. The summed E-state index contributed by atoms with van der Waals surface area (Å²) in [4.78, 5) is 4.14. The lowest BCUT2D eigenvalue weighted by molar-refractivity contribution is 0.399. The molecule has 0 spiro atoms. The highest BCUT2D eigenvalue weighted by Crippen LogP contribution is 2.31. The molecule has 1 heterocycles. The fraction of sp³-hybridized carbons (Fsp3) is 0.312. The van der Waals surface area contributed by atoms with Crippen LogP contribution in [0, 0.1) is 0 Å². The first-order valence-corrected chi connectivity index (χ1v) is 7.29. The summed E-state index contributed by atoms with van der Waals surface area (Å²) in [5.41, 5.74) is 8.02. The van der Waals surface area contributed by atoms with E-state index in [0.29, 0.717) is 10.8 Å². The molecule has 2 rings (SSSR count). The molecule has 0 saturated carbocycles. The Morgan fingerprint density at radius 3 is 2.86 bits per heavy atom. The highest BCUT2D eigenvalue weighted by atomic mass is 35.5. The highest BCUT2D eigenvalue weighted by molar-refractivity contribution is 6.30. The number of halogens is 1. The topological polar surface area (TPSA) is 60.2 Å². The normalized spacial score (nSPS) is 12.1. The summed E-state index contributed by atoms with van der Waals surface area (Å²) in [5.74, 6) is 1.34. The first-order valence-electron chi connectivity index (χ1n) is 6.92. The molecule has 1 aromatic heterocycles. The van der Waals surface area contributed by atoms with Crippen LogP contribution in [0.1, 0.15) is 24.1 Å². The zero-order valence-electron chi connectivity index (χ0n) is 12.3. The summed E-state index contributed by atoms with van der Waals surface area (Å²) < 4.78 is 5.45. The van der Waals surface area contributed by atoms with Crippen LogP contribution in [0.25, 0.3) is 0 Å². The van der Waals surface area contributed by atoms with Gasteiger partial charge in [-0.3, -0.25) is 0 Å². The van der Waals surface area contributed by atoms with Crippen molar-refractivity contribution in [1.82, 2.24) is 10.3 Å². The standard InChI is InChI=1S/C16H20ClN3O/c1-3-19-14(9-11-5-4-8-20-16(11)18)13-7-6-12(17)10-15(13)21-2/h4-8,10,14,19H,3,9H2,1-2H3,(H2,18,20). The van der Waals surface area contributed by atoms with E-state index < -0.39 is 0 Å². The molecule has 5 heteroatoms. The van der Waals surface area contributed by atoms with E-state index in [9.17, 15) is 0 Å². The van der Waals surface area contributed by atoms with Gasteiger partial charge in [0.15, 0.2) is 0 Å². The minimum atomic E-state index is 0.0914. The van der Waals surface area contributed by atoms with Crippen molar-refractivity contribution in [1.29, 1.82) is 0 Å². The van der Waals surface area contributed by atoms with Crippen molar-refractivity contribution in [2.24, 2.45) is 0 Å². The van der Waals surface area contributed by atoms with Crippen LogP contribution in [0.15, 0.2) is 36.5 Å². The van der Waals surface area contributed by atoms with Gasteiger partial charge in [0.25, 0.3) is 0 Å². The van der Waals surface area contributed by atoms with Gasteiger partial charge in [-0.05, 0) is 36.7 Å². The largest absolute Gasteiger partial charge is 0.496 e. The van der Waals surface area contributed by atoms with Crippen LogP contribution in [0.2, 0.25) is 5.02 Å². The molecule has 3 N–H and O–H groups in total. The average Bonchev–Trinajstić information content (AvgIpc) is 2.49. The van der Waals surface area contributed by atoms with Gasteiger partial charge < -0.3 is 15.8 Å². The smallest absolute Gasteiger partial charge is 0.126 e. The zero-order chi connectivity index (χ0) is 15.2. The number of methoxy groups -OCH3 is 1. The van der Waals surface area contributed by atoms with Crippen molar-refractivity contribution in [2.45, 2.75) is 19.4 Å². The Kier molecular flexibility index (Phi) is 5.42. The van der Waals surface area contributed by atoms with Gasteiger partial charge in [0.1, 0.15) is 11.6 Å². The van der Waals surface area contributed by atoms with Crippen LogP contribution in [0.5, 0.6) is 5.75 Å². The van der Waals surface area contributed by atoms with Crippen LogP contribution in [0.4, 0.5) is 5.82 Å². The maximum absolute atomic E-state index is 6.03. The van der Waals surface area contributed by atoms with E-state index in [1.54, 1.807) is 13.3 Å². The number of benzene rings is 1. The number of rotatable bonds is 6. The lowest BCUT2D eigenvalue weighted by Gasteiger charge is -2.21. The molecule has 0 aliphatic carbocycles. The number of ether oxygens (including phenoxy) is 1. The van der Waals surface area contributed by atoms with Crippen LogP contribution in [-0.2, 0) is 6.42 Å². The van der Waals surface area contributed by atoms with Crippen LogP contribution >= 0.6 is 11.6 Å². The number of nitrogens with one attached hydrogen (secondary N) is 1. The van der Waals surface area contributed by atoms with E-state index in [-0.39, 0.29) is 6.04 Å². The first-order chi connectivity index (χ1) is 10.2. The Morgan fingerprint density at radius 1 is 1.38 bits per heavy atom. The molecular weight excluding hydrogens is 286 g/mol. The van der Waals surface area contributed by atoms with Crippen LogP contribution in [-0.4, -0.2) is 18.6 Å². The van der Waals surface area contributed by atoms with Crippen LogP contribution in [0.3, 0.4) is 0 Å². The Balaban J connectivity index is 2.33. The number of nitrogens with zero attached hydrogens (tertiary/aromatic N) is 1. The second-order valence-electron chi connectivity index (χ2n) is 4.75. The molecule has 0 amide bonds. The number of likely N-dealkylation sites (N-methyl/N-ethyl adjacent to an activating group) is 1. The summed E-state index contributed by atoms with van der Waals surface area (Å²) in [5, 5.41) is 4.12. The number of nitrogen functional groups attached to an aromatic ring is 1. The molecule has 0 aliphatic heterocycles. The molecule has 4 nitrogen and oxygen atoms in total. The predicted octanol–water partition coefficient (Wildman–Crippen LogP) is 3.22. The SMILES string of the molecule is CCNC(Cc1cccnc1N)c1ccc(Cl)cc1OC. The van der Waals surface area contributed by atoms with Gasteiger partial charge in [-0.2, -0.15) is 0 Å². The summed E-state index contributed by atoms with van der Waals surface area (Å²) in [6.07, 6.45) is 2.44. The van der Waals surface area contributed by atoms with E-state index in [1.165, 1.54) is 0 Å². The zero-order valence-corrected chi connectivity index (χ0v) is 13.0. The van der Waals surface area contributed by atoms with Crippen molar-refractivity contribution in [2.75, 3.05) is 19.4 Å². The second kappa shape index (κ2) is 7.29. The Hall–Kier alpha value is -1.78. The first kappa shape index (κ1) is 15.6. The summed E-state index contributed by atoms with van der Waals surface area (Å²) in [6.45, 7) is 2.92. The number of aromatic nitrogens is 1. The molecule has 2 aromatic rings. The Morgan fingerprint density at radius 2 is 2.19 bits per heavy atom. The molecule has 0 radical (unpaired) electrons. The van der Waals surface area contributed by atoms with E-state index in [1.807, 2.05) is 30.3 Å². The fourth-order valence-electron chi connectivity index (χ4n) is 2.35. The number of nitrogens with two attached hydrogens (primary N) is 1. The maximum Gasteiger partial charge on any atom is 0.126 e. The van der Waals surface area contributed by atoms with Gasteiger partial charge in [0, 0.05) is 22.8 Å². The van der Waals surface area contributed by atoms with Gasteiger partial charge in [-0.1, -0.05) is 30.7 Å². The average molecular weight is 306 g/mol. The summed E-state index contributed by atoms with van der Waals surface area (Å²) in [6, 6.07) is 9.67. The monoisotopic (exact) mass is 305 g/mol. The molecule has 0 bridgehead atoms. The molecule has 0 aliphatic rings. The minimum absolute atomic E-state index is 0.0914. The van der Waals surface area contributed by atoms with Crippen molar-refractivity contribution in [3.63, 3.8) is 0 Å². The number of hydrogen-bond acceptors (Lipinski definition) is 4. The predicted molar refractivity (Wildman–Crippen MR) is 86.8 cm³/mol. The number of anilines is 1. The van der Waals surface area contributed by atoms with E-state index in [0.717, 1.165) is 29.8 Å². The maximum atomic E-state index is 6.03. The Labute approximate surface area is 130 Å². The lowest BCUT2D eigenvalue weighted by atomic mass is 9.98.